The van der Waals surface area contributed by atoms with Gasteiger partial charge in [0.25, 0.3) is 5.91 Å². The van der Waals surface area contributed by atoms with Gasteiger partial charge in [0.15, 0.2) is 0 Å². The fraction of sp³-hybridized carbons (Fsp3) is 0.500. The smallest absolute Gasteiger partial charge is 0.326 e. The molecule has 1 atom stereocenters. The molecular formula is C12H17ClN2O3. The van der Waals surface area contributed by atoms with Crippen molar-refractivity contribution in [2.75, 3.05) is 0 Å². The third-order valence-corrected chi connectivity index (χ3v) is 2.82. The molecule has 0 bridgehead atoms. The number of aromatic nitrogens is 1. The van der Waals surface area contributed by atoms with Crippen LogP contribution in [-0.4, -0.2) is 27.6 Å². The molecule has 1 heterocycles. The first-order chi connectivity index (χ1) is 8.36. The Balaban J connectivity index is 2.93. The number of nitrogens with zero attached hydrogens (tertiary/aromatic N) is 1. The minimum absolute atomic E-state index is 0.0724. The molecule has 5 nitrogen and oxygen atoms in total. The summed E-state index contributed by atoms with van der Waals surface area (Å²) < 4.78 is 1.71. The molecule has 0 saturated heterocycles. The van der Waals surface area contributed by atoms with Gasteiger partial charge in [-0.1, -0.05) is 18.5 Å². The van der Waals surface area contributed by atoms with Crippen LogP contribution in [-0.2, 0) is 4.79 Å². The number of amides is 1. The fourth-order valence-electron chi connectivity index (χ4n) is 1.63. The summed E-state index contributed by atoms with van der Waals surface area (Å²) in [5.74, 6) is -1.47. The summed E-state index contributed by atoms with van der Waals surface area (Å²) >= 11 is 5.87. The van der Waals surface area contributed by atoms with Crippen LogP contribution in [0.4, 0.5) is 0 Å². The number of carbonyl (C=O) groups is 2. The molecule has 0 aromatic carbocycles. The van der Waals surface area contributed by atoms with E-state index >= 15 is 0 Å². The average molecular weight is 273 g/mol. The molecule has 6 heteroatoms. The van der Waals surface area contributed by atoms with Crippen molar-refractivity contribution in [3.63, 3.8) is 0 Å². The molecule has 1 amide bonds. The van der Waals surface area contributed by atoms with Gasteiger partial charge >= 0.3 is 5.97 Å². The summed E-state index contributed by atoms with van der Waals surface area (Å²) in [6, 6.07) is 0.723. The maximum absolute atomic E-state index is 12.0. The topological polar surface area (TPSA) is 71.3 Å². The van der Waals surface area contributed by atoms with Crippen LogP contribution in [0.25, 0.3) is 0 Å². The van der Waals surface area contributed by atoms with E-state index in [9.17, 15) is 9.59 Å². The van der Waals surface area contributed by atoms with E-state index in [0.29, 0.717) is 17.1 Å². The summed E-state index contributed by atoms with van der Waals surface area (Å²) in [6.45, 7) is 5.54. The normalized spacial score (nSPS) is 12.5. The lowest BCUT2D eigenvalue weighted by molar-refractivity contribution is -0.139. The largest absolute Gasteiger partial charge is 0.480 e. The van der Waals surface area contributed by atoms with Crippen molar-refractivity contribution in [1.82, 2.24) is 9.88 Å². The summed E-state index contributed by atoms with van der Waals surface area (Å²) in [6.07, 6.45) is 1.99. The molecule has 1 aromatic heterocycles. The van der Waals surface area contributed by atoms with Gasteiger partial charge in [0.1, 0.15) is 11.7 Å². The summed E-state index contributed by atoms with van der Waals surface area (Å²) in [5.41, 5.74) is 0.370. The molecule has 18 heavy (non-hydrogen) atoms. The molecule has 0 aliphatic heterocycles. The highest BCUT2D eigenvalue weighted by Gasteiger charge is 2.21. The number of hydrogen-bond donors (Lipinski definition) is 2. The second-order valence-corrected chi connectivity index (χ2v) is 4.75. The number of carbonyl (C=O) groups excluding carboxylic acids is 1. The molecule has 0 aliphatic rings. The van der Waals surface area contributed by atoms with E-state index in [2.05, 4.69) is 5.32 Å². The number of carboxylic acid groups (broad SMARTS) is 1. The monoisotopic (exact) mass is 272 g/mol. The standard InChI is InChI=1S/C12H17ClN2O3/c1-4-9(12(17)18)14-11(16)10-5-8(13)6-15(10)7(2)3/h5-7,9H,4H2,1-3H3,(H,14,16)(H,17,18). The van der Waals surface area contributed by atoms with Crippen LogP contribution in [0.2, 0.25) is 5.02 Å². The highest BCUT2D eigenvalue weighted by Crippen LogP contribution is 2.18. The van der Waals surface area contributed by atoms with Gasteiger partial charge in [-0.15, -0.1) is 0 Å². The summed E-state index contributed by atoms with van der Waals surface area (Å²) in [5, 5.41) is 11.8. The van der Waals surface area contributed by atoms with E-state index in [1.165, 1.54) is 6.07 Å². The number of hydrogen-bond acceptors (Lipinski definition) is 2. The first-order valence-electron chi connectivity index (χ1n) is 5.77. The van der Waals surface area contributed by atoms with Crippen molar-refractivity contribution in [3.8, 4) is 0 Å². The fourth-order valence-corrected chi connectivity index (χ4v) is 1.83. The highest BCUT2D eigenvalue weighted by molar-refractivity contribution is 6.31. The van der Waals surface area contributed by atoms with E-state index in [4.69, 9.17) is 16.7 Å². The van der Waals surface area contributed by atoms with E-state index in [1.807, 2.05) is 13.8 Å². The molecule has 0 radical (unpaired) electrons. The molecule has 1 unspecified atom stereocenters. The third kappa shape index (κ3) is 3.26. The summed E-state index contributed by atoms with van der Waals surface area (Å²) in [4.78, 5) is 22.9. The minimum Gasteiger partial charge on any atom is -0.480 e. The average Bonchev–Trinajstić information content (AvgIpc) is 2.67. The Kier molecular flexibility index (Phi) is 4.78. The molecule has 0 fully saturated rings. The van der Waals surface area contributed by atoms with Crippen LogP contribution in [0.15, 0.2) is 12.3 Å². The molecule has 2 N–H and O–H groups in total. The van der Waals surface area contributed by atoms with Gasteiger partial charge in [0, 0.05) is 12.2 Å². The third-order valence-electron chi connectivity index (χ3n) is 2.62. The van der Waals surface area contributed by atoms with Crippen LogP contribution in [0.3, 0.4) is 0 Å². The Hall–Kier alpha value is -1.49. The van der Waals surface area contributed by atoms with Crippen molar-refractivity contribution in [3.05, 3.63) is 23.0 Å². The summed E-state index contributed by atoms with van der Waals surface area (Å²) in [7, 11) is 0. The van der Waals surface area contributed by atoms with Crippen molar-refractivity contribution in [1.29, 1.82) is 0 Å². The van der Waals surface area contributed by atoms with E-state index in [1.54, 1.807) is 17.7 Å². The maximum atomic E-state index is 12.0. The van der Waals surface area contributed by atoms with Gasteiger partial charge < -0.3 is 15.0 Å². The maximum Gasteiger partial charge on any atom is 0.326 e. The first-order valence-corrected chi connectivity index (χ1v) is 6.15. The highest BCUT2D eigenvalue weighted by atomic mass is 35.5. The van der Waals surface area contributed by atoms with Gasteiger partial charge in [-0.25, -0.2) is 4.79 Å². The number of halogens is 1. The molecule has 0 aliphatic carbocycles. The zero-order chi connectivity index (χ0) is 13.9. The quantitative estimate of drug-likeness (QED) is 0.864. The van der Waals surface area contributed by atoms with Crippen molar-refractivity contribution >= 4 is 23.5 Å². The van der Waals surface area contributed by atoms with Gasteiger partial charge in [-0.2, -0.15) is 0 Å². The van der Waals surface area contributed by atoms with E-state index in [0.717, 1.165) is 0 Å². The van der Waals surface area contributed by atoms with Crippen LogP contribution in [0.1, 0.15) is 43.7 Å². The Labute approximate surface area is 111 Å². The predicted molar refractivity (Wildman–Crippen MR) is 69.0 cm³/mol. The minimum atomic E-state index is -1.04. The zero-order valence-corrected chi connectivity index (χ0v) is 11.4. The van der Waals surface area contributed by atoms with Gasteiger partial charge in [0.2, 0.25) is 0 Å². The second-order valence-electron chi connectivity index (χ2n) is 4.32. The number of rotatable bonds is 5. The molecule has 100 valence electrons. The molecule has 1 rings (SSSR count). The van der Waals surface area contributed by atoms with E-state index in [-0.39, 0.29) is 6.04 Å². The van der Waals surface area contributed by atoms with Crippen molar-refractivity contribution in [2.45, 2.75) is 39.3 Å². The van der Waals surface area contributed by atoms with Crippen LogP contribution < -0.4 is 5.32 Å². The lowest BCUT2D eigenvalue weighted by Gasteiger charge is -2.15. The van der Waals surface area contributed by atoms with Crippen LogP contribution in [0.5, 0.6) is 0 Å². The van der Waals surface area contributed by atoms with Gasteiger partial charge in [-0.3, -0.25) is 4.79 Å². The first kappa shape index (κ1) is 14.6. The Morgan fingerprint density at radius 3 is 2.56 bits per heavy atom. The molecule has 0 saturated carbocycles. The molecular weight excluding hydrogens is 256 g/mol. The van der Waals surface area contributed by atoms with Crippen molar-refractivity contribution < 1.29 is 14.7 Å². The lowest BCUT2D eigenvalue weighted by atomic mass is 10.2. The SMILES string of the molecule is CCC(NC(=O)c1cc(Cl)cn1C(C)C)C(=O)O. The predicted octanol–water partition coefficient (Wildman–Crippen LogP) is 2.32. The number of aliphatic carboxylic acids is 1. The number of nitrogens with one attached hydrogen (secondary N) is 1. The van der Waals surface area contributed by atoms with Crippen molar-refractivity contribution in [2.24, 2.45) is 0 Å². The Morgan fingerprint density at radius 1 is 1.50 bits per heavy atom. The zero-order valence-electron chi connectivity index (χ0n) is 10.6. The molecule has 1 aromatic rings. The number of carboxylic acids is 1. The van der Waals surface area contributed by atoms with Crippen LogP contribution in [0, 0.1) is 0 Å². The Morgan fingerprint density at radius 2 is 2.11 bits per heavy atom. The molecule has 0 spiro atoms. The Bertz CT molecular complexity index is 454. The lowest BCUT2D eigenvalue weighted by Crippen LogP contribution is -2.41. The van der Waals surface area contributed by atoms with Gasteiger partial charge in [-0.05, 0) is 26.3 Å². The van der Waals surface area contributed by atoms with E-state index < -0.39 is 17.9 Å². The second kappa shape index (κ2) is 5.91. The van der Waals surface area contributed by atoms with Gasteiger partial charge in [0.05, 0.1) is 5.02 Å². The van der Waals surface area contributed by atoms with Crippen LogP contribution >= 0.6 is 11.6 Å².